The first-order chi connectivity index (χ1) is 11.2. The summed E-state index contributed by atoms with van der Waals surface area (Å²) < 4.78 is 2.38. The summed E-state index contributed by atoms with van der Waals surface area (Å²) in [6.45, 7) is 5.56. The van der Waals surface area contributed by atoms with Crippen molar-refractivity contribution in [3.63, 3.8) is 0 Å². The van der Waals surface area contributed by atoms with Crippen molar-refractivity contribution < 1.29 is 0 Å². The number of hydrogen-bond donors (Lipinski definition) is 0. The maximum absolute atomic E-state index is 5.96. The van der Waals surface area contributed by atoms with E-state index in [0.29, 0.717) is 5.92 Å². The first kappa shape index (κ1) is 16.4. The molecule has 0 fully saturated rings. The van der Waals surface area contributed by atoms with E-state index in [9.17, 15) is 0 Å². The maximum atomic E-state index is 5.96. The Hall–Kier alpha value is -1.45. The number of nitrogens with zero attached hydrogens (tertiary/aromatic N) is 2. The zero-order valence-corrected chi connectivity index (χ0v) is 15.1. The van der Waals surface area contributed by atoms with Crippen molar-refractivity contribution in [2.45, 2.75) is 37.5 Å². The fourth-order valence-corrected chi connectivity index (χ4v) is 3.53. The van der Waals surface area contributed by atoms with E-state index in [0.717, 1.165) is 28.7 Å². The third-order valence-corrected chi connectivity index (χ3v) is 5.37. The molecule has 1 heterocycles. The van der Waals surface area contributed by atoms with Crippen molar-refractivity contribution in [2.75, 3.05) is 0 Å². The first-order valence-electron chi connectivity index (χ1n) is 8.00. The molecule has 0 bridgehead atoms. The minimum absolute atomic E-state index is 0.645. The molecule has 1 aromatic heterocycles. The zero-order chi connectivity index (χ0) is 16.2. The third kappa shape index (κ3) is 3.91. The maximum Gasteiger partial charge on any atom is 0.120 e. The summed E-state index contributed by atoms with van der Waals surface area (Å²) in [7, 11) is 0. The van der Waals surface area contributed by atoms with E-state index in [2.05, 4.69) is 54.8 Å². The molecule has 120 valence electrons. The van der Waals surface area contributed by atoms with Gasteiger partial charge in [0.1, 0.15) is 5.82 Å². The van der Waals surface area contributed by atoms with Crippen LogP contribution in [0.15, 0.2) is 53.4 Å². The van der Waals surface area contributed by atoms with E-state index in [1.54, 1.807) is 11.8 Å². The Labute approximate surface area is 146 Å². The highest BCUT2D eigenvalue weighted by atomic mass is 35.5. The summed E-state index contributed by atoms with van der Waals surface area (Å²) in [6, 6.07) is 16.4. The molecule has 0 aliphatic heterocycles. The molecule has 0 aliphatic rings. The van der Waals surface area contributed by atoms with E-state index < -0.39 is 0 Å². The smallest absolute Gasteiger partial charge is 0.120 e. The zero-order valence-electron chi connectivity index (χ0n) is 13.5. The average molecular weight is 345 g/mol. The van der Waals surface area contributed by atoms with Crippen LogP contribution in [-0.2, 0) is 12.3 Å². The number of fused-ring (bicyclic) bond motifs is 1. The first-order valence-corrected chi connectivity index (χ1v) is 9.36. The van der Waals surface area contributed by atoms with Crippen LogP contribution in [0.2, 0.25) is 5.02 Å². The van der Waals surface area contributed by atoms with Crippen LogP contribution in [0.1, 0.15) is 26.1 Å². The van der Waals surface area contributed by atoms with Crippen LogP contribution in [0.4, 0.5) is 0 Å². The molecular formula is C19H21ClN2S. The van der Waals surface area contributed by atoms with Crippen LogP contribution in [0, 0.1) is 5.92 Å². The van der Waals surface area contributed by atoms with Crippen LogP contribution in [0.3, 0.4) is 0 Å². The number of imidazole rings is 1. The topological polar surface area (TPSA) is 17.8 Å². The molecule has 3 rings (SSSR count). The van der Waals surface area contributed by atoms with Gasteiger partial charge >= 0.3 is 0 Å². The predicted octanol–water partition coefficient (Wildman–Crippen LogP) is 6.03. The van der Waals surface area contributed by atoms with Gasteiger partial charge in [0.15, 0.2) is 0 Å². The van der Waals surface area contributed by atoms with Crippen molar-refractivity contribution in [3.05, 3.63) is 59.4 Å². The molecule has 23 heavy (non-hydrogen) atoms. The molecule has 0 saturated carbocycles. The molecule has 0 spiro atoms. The van der Waals surface area contributed by atoms with Crippen LogP contribution in [0.25, 0.3) is 11.0 Å². The molecular weight excluding hydrogens is 324 g/mol. The van der Waals surface area contributed by atoms with Crippen LogP contribution >= 0.6 is 23.4 Å². The van der Waals surface area contributed by atoms with E-state index in [1.807, 2.05) is 12.1 Å². The Balaban J connectivity index is 1.86. The van der Waals surface area contributed by atoms with Crippen molar-refractivity contribution in [1.82, 2.24) is 9.55 Å². The molecule has 4 heteroatoms. The van der Waals surface area contributed by atoms with E-state index in [4.69, 9.17) is 16.6 Å². The Morgan fingerprint density at radius 3 is 2.61 bits per heavy atom. The van der Waals surface area contributed by atoms with E-state index in [-0.39, 0.29) is 0 Å². The second kappa shape index (κ2) is 7.41. The van der Waals surface area contributed by atoms with Gasteiger partial charge in [0.2, 0.25) is 0 Å². The molecule has 2 aromatic carbocycles. The number of rotatable bonds is 6. The van der Waals surface area contributed by atoms with E-state index >= 15 is 0 Å². The summed E-state index contributed by atoms with van der Waals surface area (Å²) in [5.74, 6) is 2.66. The van der Waals surface area contributed by atoms with Crippen molar-refractivity contribution in [2.24, 2.45) is 5.92 Å². The number of thioether (sulfide) groups is 1. The molecule has 0 aliphatic carbocycles. The van der Waals surface area contributed by atoms with Gasteiger partial charge in [0.25, 0.3) is 0 Å². The highest BCUT2D eigenvalue weighted by Crippen LogP contribution is 2.27. The van der Waals surface area contributed by atoms with Gasteiger partial charge in [0, 0.05) is 16.5 Å². The number of hydrogen-bond acceptors (Lipinski definition) is 2. The summed E-state index contributed by atoms with van der Waals surface area (Å²) in [6.07, 6.45) is 1.18. The fourth-order valence-electron chi connectivity index (χ4n) is 2.56. The van der Waals surface area contributed by atoms with Gasteiger partial charge in [-0.05, 0) is 42.3 Å². The highest BCUT2D eigenvalue weighted by molar-refractivity contribution is 7.98. The Kier molecular flexibility index (Phi) is 5.29. The normalized spacial score (nSPS) is 12.7. The molecule has 0 saturated heterocycles. The lowest BCUT2D eigenvalue weighted by atomic mass is 10.1. The standard InChI is InChI=1S/C19H21ClN2S/c1-3-14(2)12-22-18-7-5-4-6-17(18)21-19(22)13-23-16-10-8-15(20)9-11-16/h4-11,14H,3,12-13H2,1-2H3. The average Bonchev–Trinajstić information content (AvgIpc) is 2.92. The monoisotopic (exact) mass is 344 g/mol. The Morgan fingerprint density at radius 2 is 1.87 bits per heavy atom. The predicted molar refractivity (Wildman–Crippen MR) is 100 cm³/mol. The van der Waals surface area contributed by atoms with Gasteiger partial charge in [0.05, 0.1) is 16.8 Å². The van der Waals surface area contributed by atoms with Crippen molar-refractivity contribution >= 4 is 34.4 Å². The third-order valence-electron chi connectivity index (χ3n) is 4.11. The summed E-state index contributed by atoms with van der Waals surface area (Å²) in [5.41, 5.74) is 2.32. The van der Waals surface area contributed by atoms with Crippen LogP contribution < -0.4 is 0 Å². The molecule has 0 amide bonds. The summed E-state index contributed by atoms with van der Waals surface area (Å²) in [5, 5.41) is 0.776. The van der Waals surface area contributed by atoms with Crippen molar-refractivity contribution in [1.29, 1.82) is 0 Å². The highest BCUT2D eigenvalue weighted by Gasteiger charge is 2.12. The molecule has 1 unspecified atom stereocenters. The van der Waals surface area contributed by atoms with E-state index in [1.165, 1.54) is 16.8 Å². The quantitative estimate of drug-likeness (QED) is 0.508. The molecule has 1 atom stereocenters. The van der Waals surface area contributed by atoms with Gasteiger partial charge in [-0.2, -0.15) is 0 Å². The lowest BCUT2D eigenvalue weighted by molar-refractivity contribution is 0.469. The van der Waals surface area contributed by atoms with Gasteiger partial charge in [-0.1, -0.05) is 44.0 Å². The van der Waals surface area contributed by atoms with Crippen molar-refractivity contribution in [3.8, 4) is 0 Å². The van der Waals surface area contributed by atoms with Gasteiger partial charge in [-0.15, -0.1) is 11.8 Å². The molecule has 3 aromatic rings. The largest absolute Gasteiger partial charge is 0.327 e. The fraction of sp³-hybridized carbons (Fsp3) is 0.316. The number of aromatic nitrogens is 2. The van der Waals surface area contributed by atoms with Gasteiger partial charge < -0.3 is 4.57 Å². The van der Waals surface area contributed by atoms with Crippen LogP contribution in [0.5, 0.6) is 0 Å². The number of benzene rings is 2. The second-order valence-electron chi connectivity index (χ2n) is 5.88. The Bertz CT molecular complexity index is 780. The number of halogens is 1. The van der Waals surface area contributed by atoms with Gasteiger partial charge in [-0.3, -0.25) is 0 Å². The summed E-state index contributed by atoms with van der Waals surface area (Å²) in [4.78, 5) is 6.07. The lowest BCUT2D eigenvalue weighted by Crippen LogP contribution is -2.09. The van der Waals surface area contributed by atoms with Gasteiger partial charge in [-0.25, -0.2) is 4.98 Å². The van der Waals surface area contributed by atoms with Crippen LogP contribution in [-0.4, -0.2) is 9.55 Å². The lowest BCUT2D eigenvalue weighted by Gasteiger charge is -2.13. The second-order valence-corrected chi connectivity index (χ2v) is 7.37. The molecule has 0 radical (unpaired) electrons. The summed E-state index contributed by atoms with van der Waals surface area (Å²) >= 11 is 7.76. The number of para-hydroxylation sites is 2. The minimum atomic E-state index is 0.645. The molecule has 0 N–H and O–H groups in total. The Morgan fingerprint density at radius 1 is 1.13 bits per heavy atom. The SMILES string of the molecule is CCC(C)Cn1c(CSc2ccc(Cl)cc2)nc2ccccc21. The minimum Gasteiger partial charge on any atom is -0.327 e. The molecule has 2 nitrogen and oxygen atoms in total.